The molecule has 3 N–H and O–H groups in total. The van der Waals surface area contributed by atoms with E-state index in [4.69, 9.17) is 19.6 Å². The molecule has 40 heavy (non-hydrogen) atoms. The molecule has 2 aromatic heterocycles. The van der Waals surface area contributed by atoms with Crippen molar-refractivity contribution < 1.29 is 32.6 Å². The Hall–Kier alpha value is -4.04. The Bertz CT molecular complexity index is 1330. The van der Waals surface area contributed by atoms with E-state index in [9.17, 15) is 18.0 Å². The number of morpholine rings is 1. The predicted molar refractivity (Wildman–Crippen MR) is 139 cm³/mol. The van der Waals surface area contributed by atoms with Gasteiger partial charge in [0.25, 0.3) is 5.91 Å². The second-order valence-electron chi connectivity index (χ2n) is 9.22. The molecule has 1 aliphatic heterocycles. The number of nitrogens with zero attached hydrogens (tertiary/aromatic N) is 5. The molecule has 3 aromatic rings. The van der Waals surface area contributed by atoms with Crippen molar-refractivity contribution in [2.75, 3.05) is 44.7 Å². The Labute approximate surface area is 228 Å². The highest BCUT2D eigenvalue weighted by Crippen LogP contribution is 2.33. The number of hydrogen-bond acceptors (Lipinski definition) is 8. The summed E-state index contributed by atoms with van der Waals surface area (Å²) in [6.45, 7) is 4.73. The van der Waals surface area contributed by atoms with Crippen molar-refractivity contribution in [3.05, 3.63) is 53.3 Å². The first kappa shape index (κ1) is 29.0. The molecule has 0 bridgehead atoms. The van der Waals surface area contributed by atoms with E-state index in [0.29, 0.717) is 18.2 Å². The largest absolute Gasteiger partial charge is 0.490 e. The number of carboxylic acids is 1. The van der Waals surface area contributed by atoms with Gasteiger partial charge < -0.3 is 20.5 Å². The molecule has 0 spiro atoms. The number of amides is 1. The van der Waals surface area contributed by atoms with Gasteiger partial charge in [-0.05, 0) is 37.0 Å². The molecular weight excluding hydrogens is 531 g/mol. The molecule has 0 unspecified atom stereocenters. The van der Waals surface area contributed by atoms with Crippen molar-refractivity contribution in [1.29, 1.82) is 0 Å². The number of aromatic nitrogens is 4. The van der Waals surface area contributed by atoms with Gasteiger partial charge in [0.1, 0.15) is 0 Å². The van der Waals surface area contributed by atoms with Gasteiger partial charge in [0.2, 0.25) is 5.95 Å². The summed E-state index contributed by atoms with van der Waals surface area (Å²) >= 11 is 0. The van der Waals surface area contributed by atoms with Gasteiger partial charge in [-0.1, -0.05) is 18.2 Å². The molecule has 0 saturated carbocycles. The number of alkyl halides is 3. The Morgan fingerprint density at radius 2 is 1.82 bits per heavy atom. The van der Waals surface area contributed by atoms with E-state index in [0.717, 1.165) is 80.3 Å². The monoisotopic (exact) mass is 561 g/mol. The number of fused-ring (bicyclic) bond motifs is 3. The number of nitrogens with one attached hydrogen (secondary N) is 2. The lowest BCUT2D eigenvalue weighted by molar-refractivity contribution is -0.192. The highest BCUT2D eigenvalue weighted by Gasteiger charge is 2.38. The quantitative estimate of drug-likeness (QED) is 0.415. The highest BCUT2D eigenvalue weighted by molar-refractivity contribution is 5.95. The number of anilines is 2. The standard InChI is InChI=1S/C24H29N7O2.C2HF3O2/c1-30-22-19(21(29-30)23(32)25-10-11-31-12-14-33-15-13-31)9-5-6-17-16-26-24(28-20(17)22)27-18-7-3-2-4-8-18;3-2(4,5)1(6)7/h2-4,7-8,16H,5-6,9-15H2,1H3,(H,25,32)(H,26,27,28);(H,6,7). The van der Waals surface area contributed by atoms with Crippen LogP contribution in [0.5, 0.6) is 0 Å². The summed E-state index contributed by atoms with van der Waals surface area (Å²) in [4.78, 5) is 33.6. The van der Waals surface area contributed by atoms with Crippen molar-refractivity contribution in [2.24, 2.45) is 7.05 Å². The van der Waals surface area contributed by atoms with Gasteiger partial charge in [0.15, 0.2) is 5.69 Å². The highest BCUT2D eigenvalue weighted by atomic mass is 19.4. The Balaban J connectivity index is 0.000000470. The Morgan fingerprint density at radius 1 is 1.12 bits per heavy atom. The molecule has 0 atom stereocenters. The van der Waals surface area contributed by atoms with E-state index in [1.165, 1.54) is 0 Å². The third-order valence-corrected chi connectivity index (χ3v) is 6.41. The third-order valence-electron chi connectivity index (χ3n) is 6.41. The average molecular weight is 562 g/mol. The molecule has 14 heteroatoms. The fourth-order valence-corrected chi connectivity index (χ4v) is 4.48. The number of carbonyl (C=O) groups excluding carboxylic acids is 1. The number of benzene rings is 1. The van der Waals surface area contributed by atoms with Gasteiger partial charge in [0.05, 0.1) is 24.6 Å². The van der Waals surface area contributed by atoms with E-state index in [1.54, 1.807) is 4.68 Å². The van der Waals surface area contributed by atoms with Crippen LogP contribution in [0.3, 0.4) is 0 Å². The van der Waals surface area contributed by atoms with Crippen LogP contribution in [-0.4, -0.2) is 87.2 Å². The SMILES string of the molecule is Cn1nc(C(=O)NCCN2CCOCC2)c2c1-c1nc(Nc3ccccc3)ncc1CCC2.O=C(O)C(F)(F)F. The lowest BCUT2D eigenvalue weighted by Gasteiger charge is -2.26. The topological polar surface area (TPSA) is 134 Å². The van der Waals surface area contributed by atoms with Crippen molar-refractivity contribution >= 4 is 23.5 Å². The minimum absolute atomic E-state index is 0.125. The third kappa shape index (κ3) is 7.33. The lowest BCUT2D eigenvalue weighted by Crippen LogP contribution is -2.41. The van der Waals surface area contributed by atoms with Crippen LogP contribution in [0.2, 0.25) is 0 Å². The van der Waals surface area contributed by atoms with Crippen molar-refractivity contribution in [3.8, 4) is 11.4 Å². The summed E-state index contributed by atoms with van der Waals surface area (Å²) in [5.74, 6) is -2.35. The minimum atomic E-state index is -5.08. The molecule has 1 saturated heterocycles. The molecule has 5 rings (SSSR count). The molecule has 1 aliphatic carbocycles. The molecule has 1 amide bonds. The molecular formula is C26H30F3N7O4. The van der Waals surface area contributed by atoms with Gasteiger partial charge in [-0.2, -0.15) is 18.3 Å². The maximum atomic E-state index is 13.0. The second-order valence-corrected chi connectivity index (χ2v) is 9.22. The van der Waals surface area contributed by atoms with Crippen LogP contribution in [0.4, 0.5) is 24.8 Å². The van der Waals surface area contributed by atoms with Crippen LogP contribution in [0.15, 0.2) is 36.5 Å². The summed E-state index contributed by atoms with van der Waals surface area (Å²) in [6.07, 6.45) is -0.618. The summed E-state index contributed by atoms with van der Waals surface area (Å²) in [6, 6.07) is 9.86. The van der Waals surface area contributed by atoms with E-state index in [1.807, 2.05) is 43.6 Å². The number of aryl methyl sites for hydroxylation is 2. The van der Waals surface area contributed by atoms with Crippen LogP contribution >= 0.6 is 0 Å². The molecule has 1 fully saturated rings. The molecule has 1 aromatic carbocycles. The number of halogens is 3. The van der Waals surface area contributed by atoms with E-state index in [-0.39, 0.29) is 5.91 Å². The van der Waals surface area contributed by atoms with Crippen molar-refractivity contribution in [1.82, 2.24) is 30.0 Å². The Morgan fingerprint density at radius 3 is 2.50 bits per heavy atom. The van der Waals surface area contributed by atoms with E-state index in [2.05, 4.69) is 25.6 Å². The summed E-state index contributed by atoms with van der Waals surface area (Å²) in [5, 5.41) is 18.1. The van der Waals surface area contributed by atoms with Crippen LogP contribution in [0, 0.1) is 0 Å². The average Bonchev–Trinajstić information content (AvgIpc) is 3.13. The first-order valence-corrected chi connectivity index (χ1v) is 12.8. The zero-order chi connectivity index (χ0) is 28.7. The number of aliphatic carboxylic acids is 1. The van der Waals surface area contributed by atoms with E-state index < -0.39 is 12.1 Å². The zero-order valence-corrected chi connectivity index (χ0v) is 21.9. The fraction of sp³-hybridized carbons (Fsp3) is 0.423. The fourth-order valence-electron chi connectivity index (χ4n) is 4.48. The van der Waals surface area contributed by atoms with Crippen LogP contribution in [0.1, 0.15) is 28.0 Å². The molecule has 0 radical (unpaired) electrons. The van der Waals surface area contributed by atoms with Crippen LogP contribution in [-0.2, 0) is 29.4 Å². The van der Waals surface area contributed by atoms with Crippen LogP contribution < -0.4 is 10.6 Å². The normalized spacial score (nSPS) is 15.1. The van der Waals surface area contributed by atoms with Gasteiger partial charge >= 0.3 is 12.1 Å². The van der Waals surface area contributed by atoms with Crippen LogP contribution in [0.25, 0.3) is 11.4 Å². The number of carboxylic acid groups (broad SMARTS) is 1. The first-order valence-electron chi connectivity index (χ1n) is 12.8. The number of ether oxygens (including phenoxy) is 1. The maximum Gasteiger partial charge on any atom is 0.490 e. The minimum Gasteiger partial charge on any atom is -0.475 e. The zero-order valence-electron chi connectivity index (χ0n) is 21.9. The van der Waals surface area contributed by atoms with Gasteiger partial charge in [0, 0.05) is 50.7 Å². The number of rotatable bonds is 6. The maximum absolute atomic E-state index is 13.0. The van der Waals surface area contributed by atoms with Crippen molar-refractivity contribution in [3.63, 3.8) is 0 Å². The molecule has 214 valence electrons. The number of hydrogen-bond donors (Lipinski definition) is 3. The number of para-hydroxylation sites is 1. The predicted octanol–water partition coefficient (Wildman–Crippen LogP) is 2.80. The van der Waals surface area contributed by atoms with Gasteiger partial charge in [-0.25, -0.2) is 14.8 Å². The summed E-state index contributed by atoms with van der Waals surface area (Å²) in [7, 11) is 1.88. The lowest BCUT2D eigenvalue weighted by atomic mass is 10.1. The summed E-state index contributed by atoms with van der Waals surface area (Å²) < 4.78 is 38.9. The molecule has 2 aliphatic rings. The smallest absolute Gasteiger partial charge is 0.475 e. The first-order chi connectivity index (χ1) is 19.1. The summed E-state index contributed by atoms with van der Waals surface area (Å²) in [5.41, 5.74) is 5.21. The number of carbonyl (C=O) groups is 2. The van der Waals surface area contributed by atoms with Gasteiger partial charge in [-0.15, -0.1) is 0 Å². The Kier molecular flexibility index (Phi) is 9.32. The second kappa shape index (κ2) is 12.9. The molecule has 3 heterocycles. The van der Waals surface area contributed by atoms with Gasteiger partial charge in [-0.3, -0.25) is 14.4 Å². The van der Waals surface area contributed by atoms with Crippen molar-refractivity contribution in [2.45, 2.75) is 25.4 Å². The molecule has 11 nitrogen and oxygen atoms in total. The van der Waals surface area contributed by atoms with E-state index >= 15 is 0 Å².